The third kappa shape index (κ3) is 4.45. The van der Waals surface area contributed by atoms with Crippen molar-refractivity contribution >= 4 is 18.0 Å². The molecule has 0 fully saturated rings. The van der Waals surface area contributed by atoms with E-state index in [0.29, 0.717) is 0 Å². The van der Waals surface area contributed by atoms with Crippen LogP contribution in [0, 0.1) is 0 Å². The average Bonchev–Trinajstić information content (AvgIpc) is 3.10. The number of carbonyl (C=O) groups is 3. The summed E-state index contributed by atoms with van der Waals surface area (Å²) in [6.07, 6.45) is -0.774. The summed E-state index contributed by atoms with van der Waals surface area (Å²) < 4.78 is 10.5. The lowest BCUT2D eigenvalue weighted by Crippen LogP contribution is -2.58. The Morgan fingerprint density at radius 3 is 2.09 bits per heavy atom. The van der Waals surface area contributed by atoms with Gasteiger partial charge in [-0.25, -0.2) is 9.59 Å². The first-order valence-corrected chi connectivity index (χ1v) is 10.3. The van der Waals surface area contributed by atoms with Gasteiger partial charge in [-0.05, 0) is 36.1 Å². The minimum Gasteiger partial charge on any atom is -0.480 e. The predicted molar refractivity (Wildman–Crippen MR) is 118 cm³/mol. The molecule has 2 aromatic rings. The smallest absolute Gasteiger partial charge is 0.407 e. The van der Waals surface area contributed by atoms with Gasteiger partial charge in [0, 0.05) is 20.1 Å². The van der Waals surface area contributed by atoms with Crippen LogP contribution >= 0.6 is 0 Å². The van der Waals surface area contributed by atoms with Crippen LogP contribution in [0.15, 0.2) is 48.5 Å². The van der Waals surface area contributed by atoms with Crippen molar-refractivity contribution in [3.05, 3.63) is 59.7 Å². The minimum absolute atomic E-state index is 0.101. The molecule has 0 saturated carbocycles. The Kier molecular flexibility index (Phi) is 6.84. The molecule has 170 valence electrons. The number of rotatable bonds is 8. The first-order valence-electron chi connectivity index (χ1n) is 10.3. The van der Waals surface area contributed by atoms with Crippen molar-refractivity contribution in [2.45, 2.75) is 31.3 Å². The molecule has 1 aliphatic carbocycles. The van der Waals surface area contributed by atoms with Gasteiger partial charge < -0.3 is 24.8 Å². The fourth-order valence-corrected chi connectivity index (χ4v) is 3.78. The largest absolute Gasteiger partial charge is 0.480 e. The molecule has 0 aliphatic heterocycles. The molecule has 1 atom stereocenters. The van der Waals surface area contributed by atoms with E-state index in [4.69, 9.17) is 9.47 Å². The number of hydrogen-bond acceptors (Lipinski definition) is 5. The van der Waals surface area contributed by atoms with Crippen molar-refractivity contribution in [1.82, 2.24) is 10.2 Å². The maximum absolute atomic E-state index is 12.8. The quantitative estimate of drug-likeness (QED) is 0.654. The number of nitrogens with zero attached hydrogens (tertiary/aromatic N) is 1. The second-order valence-electron chi connectivity index (χ2n) is 8.24. The van der Waals surface area contributed by atoms with Crippen LogP contribution in [0.3, 0.4) is 0 Å². The number of alkyl carbamates (subject to hydrolysis) is 1. The molecule has 3 rings (SSSR count). The number of carbonyl (C=O) groups excluding carboxylic acids is 2. The first kappa shape index (κ1) is 23.3. The van der Waals surface area contributed by atoms with E-state index in [1.807, 2.05) is 48.5 Å². The Morgan fingerprint density at radius 1 is 1.06 bits per heavy atom. The maximum atomic E-state index is 12.8. The van der Waals surface area contributed by atoms with E-state index in [0.717, 1.165) is 27.2 Å². The van der Waals surface area contributed by atoms with E-state index in [1.54, 1.807) is 0 Å². The highest BCUT2D eigenvalue weighted by Gasteiger charge is 2.38. The number of carboxylic acids is 1. The van der Waals surface area contributed by atoms with Gasteiger partial charge in [-0.2, -0.15) is 0 Å². The molecule has 0 aromatic heterocycles. The van der Waals surface area contributed by atoms with Crippen molar-refractivity contribution in [2.75, 3.05) is 27.4 Å². The number of carboxylic acid groups (broad SMARTS) is 1. The summed E-state index contributed by atoms with van der Waals surface area (Å²) in [5.74, 6) is -1.86. The maximum Gasteiger partial charge on any atom is 0.407 e. The Morgan fingerprint density at radius 2 is 1.59 bits per heavy atom. The normalized spacial score (nSPS) is 13.6. The van der Waals surface area contributed by atoms with Gasteiger partial charge in [-0.15, -0.1) is 0 Å². The molecule has 8 heteroatoms. The molecule has 0 saturated heterocycles. The van der Waals surface area contributed by atoms with Crippen LogP contribution in [0.1, 0.15) is 30.9 Å². The molecule has 0 bridgehead atoms. The van der Waals surface area contributed by atoms with Crippen molar-refractivity contribution < 1.29 is 29.0 Å². The molecule has 0 spiro atoms. The van der Waals surface area contributed by atoms with E-state index < -0.39 is 29.6 Å². The van der Waals surface area contributed by atoms with E-state index in [-0.39, 0.29) is 19.1 Å². The Labute approximate surface area is 187 Å². The van der Waals surface area contributed by atoms with Gasteiger partial charge in [-0.3, -0.25) is 4.79 Å². The first-order chi connectivity index (χ1) is 15.2. The van der Waals surface area contributed by atoms with Crippen molar-refractivity contribution in [3.8, 4) is 11.1 Å². The highest BCUT2D eigenvalue weighted by Crippen LogP contribution is 2.44. The molecule has 1 aliphatic rings. The molecule has 32 heavy (non-hydrogen) atoms. The van der Waals surface area contributed by atoms with E-state index in [1.165, 1.54) is 28.0 Å². The number of ether oxygens (including phenoxy) is 2. The van der Waals surface area contributed by atoms with Gasteiger partial charge in [-0.1, -0.05) is 48.5 Å². The molecule has 0 heterocycles. The van der Waals surface area contributed by atoms with Gasteiger partial charge in [0.2, 0.25) is 5.91 Å². The Bertz CT molecular complexity index is 974. The summed E-state index contributed by atoms with van der Waals surface area (Å²) in [6.45, 7) is 2.79. The number of benzene rings is 2. The van der Waals surface area contributed by atoms with Gasteiger partial charge in [0.15, 0.2) is 0 Å². The second kappa shape index (κ2) is 9.40. The Balaban J connectivity index is 1.69. The fourth-order valence-electron chi connectivity index (χ4n) is 3.78. The molecule has 2 N–H and O–H groups in total. The minimum atomic E-state index is -1.45. The van der Waals surface area contributed by atoms with Gasteiger partial charge in [0.25, 0.3) is 0 Å². The molecular weight excluding hydrogens is 412 g/mol. The predicted octanol–water partition coefficient (Wildman–Crippen LogP) is 2.86. The van der Waals surface area contributed by atoms with E-state index >= 15 is 0 Å². The lowest BCUT2D eigenvalue weighted by Gasteiger charge is -2.34. The zero-order chi connectivity index (χ0) is 23.5. The van der Waals surface area contributed by atoms with Crippen molar-refractivity contribution in [1.29, 1.82) is 0 Å². The summed E-state index contributed by atoms with van der Waals surface area (Å²) in [7, 11) is 2.76. The number of fused-ring (bicyclic) bond motifs is 3. The summed E-state index contributed by atoms with van der Waals surface area (Å²) in [6, 6.07) is 14.9. The van der Waals surface area contributed by atoms with Crippen LogP contribution in [-0.4, -0.2) is 66.9 Å². The zero-order valence-electron chi connectivity index (χ0n) is 18.6. The van der Waals surface area contributed by atoms with Crippen LogP contribution < -0.4 is 5.32 Å². The molecule has 8 nitrogen and oxygen atoms in total. The highest BCUT2D eigenvalue weighted by atomic mass is 16.5. The molecule has 2 aromatic carbocycles. The summed E-state index contributed by atoms with van der Waals surface area (Å²) >= 11 is 0. The molecule has 0 radical (unpaired) electrons. The average molecular weight is 440 g/mol. The van der Waals surface area contributed by atoms with Crippen LogP contribution in [0.5, 0.6) is 0 Å². The molecular formula is C24H28N2O6. The fraction of sp³-hybridized carbons (Fsp3) is 0.375. The number of methoxy groups -OCH3 is 1. The number of amides is 2. The third-order valence-corrected chi connectivity index (χ3v) is 5.96. The standard InChI is InChI=1S/C24H28N2O6/c1-24(2,22(28)29)26(3)21(27)20(14-31-4)25-23(30)32-13-19-17-11-7-5-9-15(17)16-10-6-8-12-18(16)19/h5-12,19-20H,13-14H2,1-4H3,(H,25,30)(H,28,29). The van der Waals surface area contributed by atoms with Crippen LogP contribution in [0.25, 0.3) is 11.1 Å². The van der Waals surface area contributed by atoms with Crippen LogP contribution in [0.4, 0.5) is 4.79 Å². The summed E-state index contributed by atoms with van der Waals surface area (Å²) in [5, 5.41) is 11.9. The highest BCUT2D eigenvalue weighted by molar-refractivity contribution is 5.91. The van der Waals surface area contributed by atoms with Gasteiger partial charge in [0.05, 0.1) is 6.61 Å². The lowest BCUT2D eigenvalue weighted by atomic mass is 9.98. The number of nitrogens with one attached hydrogen (secondary N) is 1. The third-order valence-electron chi connectivity index (χ3n) is 5.96. The topological polar surface area (TPSA) is 105 Å². The molecule has 2 amide bonds. The zero-order valence-corrected chi connectivity index (χ0v) is 18.6. The lowest BCUT2D eigenvalue weighted by molar-refractivity contribution is -0.156. The van der Waals surface area contributed by atoms with Gasteiger partial charge >= 0.3 is 12.1 Å². The number of aliphatic carboxylic acids is 1. The number of hydrogen-bond donors (Lipinski definition) is 2. The van der Waals surface area contributed by atoms with Gasteiger partial charge in [0.1, 0.15) is 18.2 Å². The Hall–Kier alpha value is -3.39. The number of likely N-dealkylation sites (N-methyl/N-ethyl adjacent to an activating group) is 1. The monoisotopic (exact) mass is 440 g/mol. The van der Waals surface area contributed by atoms with E-state index in [9.17, 15) is 19.5 Å². The van der Waals surface area contributed by atoms with Crippen molar-refractivity contribution in [2.24, 2.45) is 0 Å². The molecule has 1 unspecified atom stereocenters. The van der Waals surface area contributed by atoms with Crippen LogP contribution in [-0.2, 0) is 19.1 Å². The van der Waals surface area contributed by atoms with Crippen molar-refractivity contribution in [3.63, 3.8) is 0 Å². The van der Waals surface area contributed by atoms with E-state index in [2.05, 4.69) is 5.32 Å². The summed E-state index contributed by atoms with van der Waals surface area (Å²) in [5.41, 5.74) is 2.93. The SMILES string of the molecule is COCC(NC(=O)OCC1c2ccccc2-c2ccccc21)C(=O)N(C)C(C)(C)C(=O)O. The summed E-state index contributed by atoms with van der Waals surface area (Å²) in [4.78, 5) is 37.9. The second-order valence-corrected chi connectivity index (χ2v) is 8.24. The van der Waals surface area contributed by atoms with Crippen LogP contribution in [0.2, 0.25) is 0 Å².